The summed E-state index contributed by atoms with van der Waals surface area (Å²) in [4.78, 5) is 22.6. The van der Waals surface area contributed by atoms with Gasteiger partial charge in [0.1, 0.15) is 0 Å². The molecule has 108 valence electrons. The first-order valence-electron chi connectivity index (χ1n) is 6.17. The third kappa shape index (κ3) is 4.27. The minimum absolute atomic E-state index is 0.0547. The molecule has 0 radical (unpaired) electrons. The quantitative estimate of drug-likeness (QED) is 0.665. The number of carbonyl (C=O) groups is 2. The molecule has 0 unspecified atom stereocenters. The molecule has 1 aromatic heterocycles. The number of hydrogen-bond acceptors (Lipinski definition) is 6. The summed E-state index contributed by atoms with van der Waals surface area (Å²) in [6, 6.07) is 9.08. The summed E-state index contributed by atoms with van der Waals surface area (Å²) in [5.74, 6) is -0.865. The number of benzene rings is 1. The summed E-state index contributed by atoms with van der Waals surface area (Å²) in [6.45, 7) is 1.25. The number of allylic oxidation sites excluding steroid dienone is 1. The Morgan fingerprint density at radius 3 is 2.76 bits per heavy atom. The number of esters is 1. The van der Waals surface area contributed by atoms with Crippen LogP contribution in [0.4, 0.5) is 6.01 Å². The van der Waals surface area contributed by atoms with Crippen LogP contribution in [0.3, 0.4) is 0 Å². The summed E-state index contributed by atoms with van der Waals surface area (Å²) in [5, 5.41) is 9.86. The van der Waals surface area contributed by atoms with Crippen LogP contribution < -0.4 is 5.32 Å². The number of aromatic nitrogens is 2. The lowest BCUT2D eigenvalue weighted by atomic mass is 10.2. The number of hydrogen-bond donors (Lipinski definition) is 1. The van der Waals surface area contributed by atoms with E-state index in [2.05, 4.69) is 20.3 Å². The van der Waals surface area contributed by atoms with Crippen molar-refractivity contribution in [1.82, 2.24) is 10.2 Å². The van der Waals surface area contributed by atoms with Gasteiger partial charge in [0, 0.05) is 11.6 Å². The molecule has 7 heteroatoms. The van der Waals surface area contributed by atoms with Gasteiger partial charge in [-0.3, -0.25) is 10.1 Å². The van der Waals surface area contributed by atoms with Crippen molar-refractivity contribution >= 4 is 17.9 Å². The number of carbonyl (C=O) groups excluding carboxylic acids is 2. The molecule has 0 atom stereocenters. The Morgan fingerprint density at radius 2 is 2.05 bits per heavy atom. The van der Waals surface area contributed by atoms with Crippen LogP contribution >= 0.6 is 0 Å². The first-order valence-corrected chi connectivity index (χ1v) is 6.17. The first-order chi connectivity index (χ1) is 10.2. The van der Waals surface area contributed by atoms with Crippen LogP contribution in [-0.2, 0) is 14.3 Å². The molecule has 0 aliphatic heterocycles. The largest absolute Gasteiger partial charge is 0.452 e. The molecular weight excluding hydrogens is 274 g/mol. The highest BCUT2D eigenvalue weighted by Gasteiger charge is 2.12. The van der Waals surface area contributed by atoms with Crippen molar-refractivity contribution in [3.8, 4) is 11.5 Å². The van der Waals surface area contributed by atoms with E-state index >= 15 is 0 Å². The molecule has 1 amide bonds. The van der Waals surface area contributed by atoms with Gasteiger partial charge in [-0.2, -0.15) is 0 Å². The van der Waals surface area contributed by atoms with Crippen molar-refractivity contribution in [2.24, 2.45) is 0 Å². The molecule has 0 aliphatic rings. The van der Waals surface area contributed by atoms with Gasteiger partial charge in [0.25, 0.3) is 5.91 Å². The van der Waals surface area contributed by atoms with Gasteiger partial charge in [0.2, 0.25) is 5.89 Å². The van der Waals surface area contributed by atoms with Crippen molar-refractivity contribution in [1.29, 1.82) is 0 Å². The third-order valence-corrected chi connectivity index (χ3v) is 2.34. The molecular formula is C14H13N3O4. The fourth-order valence-corrected chi connectivity index (χ4v) is 1.45. The van der Waals surface area contributed by atoms with Crippen LogP contribution in [0.1, 0.15) is 6.92 Å². The Bertz CT molecular complexity index is 649. The van der Waals surface area contributed by atoms with E-state index in [4.69, 9.17) is 4.42 Å². The fourth-order valence-electron chi connectivity index (χ4n) is 1.45. The monoisotopic (exact) mass is 287 g/mol. The zero-order valence-corrected chi connectivity index (χ0v) is 11.3. The van der Waals surface area contributed by atoms with E-state index in [1.54, 1.807) is 19.1 Å². The Labute approximate surface area is 120 Å². The summed E-state index contributed by atoms with van der Waals surface area (Å²) in [7, 11) is 0. The van der Waals surface area contributed by atoms with Crippen molar-refractivity contribution in [2.45, 2.75) is 6.92 Å². The standard InChI is InChI=1S/C14H13N3O4/c1-2-6-12(19)20-9-11(18)15-14-17-16-13(21-14)10-7-4-3-5-8-10/h2-8H,9H2,1H3,(H,15,17,18)/b6-2+. The highest BCUT2D eigenvalue weighted by Crippen LogP contribution is 2.18. The summed E-state index contributed by atoms with van der Waals surface area (Å²) >= 11 is 0. The highest BCUT2D eigenvalue weighted by atomic mass is 16.5. The second-order valence-electron chi connectivity index (χ2n) is 3.93. The van der Waals surface area contributed by atoms with Crippen LogP contribution in [0.5, 0.6) is 0 Å². The first kappa shape index (κ1) is 14.4. The minimum Gasteiger partial charge on any atom is -0.452 e. The molecule has 7 nitrogen and oxygen atoms in total. The van der Waals surface area contributed by atoms with Crippen molar-refractivity contribution in [3.05, 3.63) is 42.5 Å². The van der Waals surface area contributed by atoms with E-state index in [-0.39, 0.29) is 11.9 Å². The van der Waals surface area contributed by atoms with Gasteiger partial charge in [-0.1, -0.05) is 29.4 Å². The van der Waals surface area contributed by atoms with Gasteiger partial charge >= 0.3 is 12.0 Å². The molecule has 1 aromatic carbocycles. The number of nitrogens with zero attached hydrogens (tertiary/aromatic N) is 2. The zero-order chi connectivity index (χ0) is 15.1. The Balaban J connectivity index is 1.91. The Hall–Kier alpha value is -2.96. The van der Waals surface area contributed by atoms with Gasteiger partial charge in [-0.15, -0.1) is 5.10 Å². The highest BCUT2D eigenvalue weighted by molar-refractivity contribution is 5.92. The normalized spacial score (nSPS) is 10.5. The lowest BCUT2D eigenvalue weighted by Gasteiger charge is -2.00. The molecule has 0 bridgehead atoms. The fraction of sp³-hybridized carbons (Fsp3) is 0.143. The molecule has 0 aliphatic carbocycles. The van der Waals surface area contributed by atoms with Crippen LogP contribution in [0.15, 0.2) is 46.9 Å². The molecule has 0 fully saturated rings. The van der Waals surface area contributed by atoms with E-state index in [1.165, 1.54) is 12.2 Å². The van der Waals surface area contributed by atoms with E-state index in [0.717, 1.165) is 5.56 Å². The Morgan fingerprint density at radius 1 is 1.29 bits per heavy atom. The van der Waals surface area contributed by atoms with E-state index in [1.807, 2.05) is 18.2 Å². The van der Waals surface area contributed by atoms with Crippen LogP contribution in [0, 0.1) is 0 Å². The number of ether oxygens (including phenoxy) is 1. The number of anilines is 1. The smallest absolute Gasteiger partial charge is 0.330 e. The molecule has 0 saturated carbocycles. The number of rotatable bonds is 5. The van der Waals surface area contributed by atoms with Crippen LogP contribution in [0.2, 0.25) is 0 Å². The maximum Gasteiger partial charge on any atom is 0.330 e. The summed E-state index contributed by atoms with van der Waals surface area (Å²) in [6.07, 6.45) is 2.73. The van der Waals surface area contributed by atoms with Gasteiger partial charge in [-0.05, 0) is 19.1 Å². The topological polar surface area (TPSA) is 94.3 Å². The molecule has 1 N–H and O–H groups in total. The van der Waals surface area contributed by atoms with E-state index < -0.39 is 18.5 Å². The maximum atomic E-state index is 11.5. The predicted octanol–water partition coefficient (Wildman–Crippen LogP) is 1.79. The van der Waals surface area contributed by atoms with Gasteiger partial charge < -0.3 is 9.15 Å². The van der Waals surface area contributed by atoms with Gasteiger partial charge in [0.05, 0.1) is 0 Å². The number of amides is 1. The summed E-state index contributed by atoms with van der Waals surface area (Å²) < 4.78 is 9.97. The molecule has 0 spiro atoms. The molecule has 1 heterocycles. The summed E-state index contributed by atoms with van der Waals surface area (Å²) in [5.41, 5.74) is 0.741. The van der Waals surface area contributed by atoms with Gasteiger partial charge in [-0.25, -0.2) is 4.79 Å². The second-order valence-corrected chi connectivity index (χ2v) is 3.93. The molecule has 0 saturated heterocycles. The maximum absolute atomic E-state index is 11.5. The average molecular weight is 287 g/mol. The van der Waals surface area contributed by atoms with Crippen LogP contribution in [0.25, 0.3) is 11.5 Å². The van der Waals surface area contributed by atoms with Crippen molar-refractivity contribution < 1.29 is 18.7 Å². The second kappa shape index (κ2) is 6.99. The lowest BCUT2D eigenvalue weighted by Crippen LogP contribution is -2.20. The Kier molecular flexibility index (Phi) is 4.81. The predicted molar refractivity (Wildman–Crippen MR) is 74.1 cm³/mol. The van der Waals surface area contributed by atoms with E-state index in [9.17, 15) is 9.59 Å². The third-order valence-electron chi connectivity index (χ3n) is 2.34. The van der Waals surface area contributed by atoms with Crippen LogP contribution in [-0.4, -0.2) is 28.7 Å². The van der Waals surface area contributed by atoms with Crippen molar-refractivity contribution in [3.63, 3.8) is 0 Å². The molecule has 21 heavy (non-hydrogen) atoms. The van der Waals surface area contributed by atoms with Crippen molar-refractivity contribution in [2.75, 3.05) is 11.9 Å². The SMILES string of the molecule is C/C=C/C(=O)OCC(=O)Nc1nnc(-c2ccccc2)o1. The zero-order valence-electron chi connectivity index (χ0n) is 11.3. The average Bonchev–Trinajstić information content (AvgIpc) is 2.95. The molecule has 2 rings (SSSR count). The minimum atomic E-state index is -0.594. The van der Waals surface area contributed by atoms with Gasteiger partial charge in [0.15, 0.2) is 6.61 Å². The molecule has 2 aromatic rings. The lowest BCUT2D eigenvalue weighted by molar-refractivity contribution is -0.142. The van der Waals surface area contributed by atoms with E-state index in [0.29, 0.717) is 0 Å². The number of nitrogens with one attached hydrogen (secondary N) is 1.